The molecule has 0 spiro atoms. The zero-order valence-corrected chi connectivity index (χ0v) is 14.5. The Morgan fingerprint density at radius 1 is 1.04 bits per heavy atom. The van der Waals surface area contributed by atoms with Gasteiger partial charge in [0.2, 0.25) is 0 Å². The average molecular weight is 349 g/mol. The molecule has 5 heteroatoms. The van der Waals surface area contributed by atoms with E-state index in [9.17, 15) is 9.18 Å². The predicted octanol–water partition coefficient (Wildman–Crippen LogP) is 4.44. The minimum Gasteiger partial charge on any atom is -0.383 e. The molecule has 0 aliphatic heterocycles. The first-order valence-electron chi connectivity index (χ1n) is 8.42. The van der Waals surface area contributed by atoms with Crippen LogP contribution in [0.2, 0.25) is 0 Å². The van der Waals surface area contributed by atoms with Crippen LogP contribution < -0.4 is 10.6 Å². The molecule has 0 fully saturated rings. The van der Waals surface area contributed by atoms with Gasteiger partial charge in [-0.2, -0.15) is 0 Å². The minimum absolute atomic E-state index is 0.210. The molecule has 26 heavy (non-hydrogen) atoms. The highest BCUT2D eigenvalue weighted by molar-refractivity contribution is 6.04. The number of nitrogens with one attached hydrogen (secondary N) is 2. The molecule has 1 amide bonds. The Labute approximate surface area is 152 Å². The molecule has 0 bridgehead atoms. The predicted molar refractivity (Wildman–Crippen MR) is 102 cm³/mol. The van der Waals surface area contributed by atoms with E-state index in [-0.39, 0.29) is 11.7 Å². The van der Waals surface area contributed by atoms with Crippen LogP contribution >= 0.6 is 0 Å². The van der Waals surface area contributed by atoms with Gasteiger partial charge in [0.25, 0.3) is 5.91 Å². The lowest BCUT2D eigenvalue weighted by atomic mass is 10.1. The fourth-order valence-corrected chi connectivity index (χ4v) is 2.63. The van der Waals surface area contributed by atoms with Gasteiger partial charge in [-0.15, -0.1) is 0 Å². The van der Waals surface area contributed by atoms with Gasteiger partial charge in [-0.25, -0.2) is 4.39 Å². The van der Waals surface area contributed by atoms with Crippen LogP contribution in [0.3, 0.4) is 0 Å². The summed E-state index contributed by atoms with van der Waals surface area (Å²) in [6.45, 7) is 2.52. The Morgan fingerprint density at radius 3 is 2.69 bits per heavy atom. The van der Waals surface area contributed by atoms with Gasteiger partial charge in [0.15, 0.2) is 0 Å². The van der Waals surface area contributed by atoms with E-state index < -0.39 is 0 Å². The van der Waals surface area contributed by atoms with Crippen molar-refractivity contribution in [3.63, 3.8) is 0 Å². The molecule has 0 aliphatic rings. The van der Waals surface area contributed by atoms with Crippen LogP contribution in [-0.4, -0.2) is 17.4 Å². The molecule has 4 nitrogen and oxygen atoms in total. The van der Waals surface area contributed by atoms with Crippen molar-refractivity contribution in [3.05, 3.63) is 89.5 Å². The molecule has 0 saturated carbocycles. The minimum atomic E-state index is -0.221. The zero-order chi connectivity index (χ0) is 18.4. The number of halogens is 1. The average Bonchev–Trinajstić information content (AvgIpc) is 2.64. The first kappa shape index (κ1) is 17.6. The molecule has 1 heterocycles. The second-order valence-corrected chi connectivity index (χ2v) is 6.05. The maximum atomic E-state index is 13.6. The Balaban J connectivity index is 1.60. The first-order chi connectivity index (χ1) is 12.6. The van der Waals surface area contributed by atoms with Gasteiger partial charge in [0.05, 0.1) is 11.3 Å². The topological polar surface area (TPSA) is 54.0 Å². The monoisotopic (exact) mass is 349 g/mol. The van der Waals surface area contributed by atoms with E-state index in [0.717, 1.165) is 16.9 Å². The molecule has 0 radical (unpaired) electrons. The van der Waals surface area contributed by atoms with Crippen molar-refractivity contribution < 1.29 is 9.18 Å². The van der Waals surface area contributed by atoms with Crippen LogP contribution in [0.5, 0.6) is 0 Å². The van der Waals surface area contributed by atoms with Gasteiger partial charge in [-0.1, -0.05) is 30.3 Å². The maximum absolute atomic E-state index is 13.6. The summed E-state index contributed by atoms with van der Waals surface area (Å²) in [6, 6.07) is 16.0. The molecule has 2 N–H and O–H groups in total. The van der Waals surface area contributed by atoms with Crippen molar-refractivity contribution >= 4 is 17.3 Å². The van der Waals surface area contributed by atoms with Gasteiger partial charge < -0.3 is 10.6 Å². The molecule has 3 aromatic rings. The lowest BCUT2D eigenvalue weighted by Gasteiger charge is -2.09. The molecular formula is C21H20FN3O. The highest BCUT2D eigenvalue weighted by Crippen LogP contribution is 2.14. The molecule has 0 aliphatic carbocycles. The number of pyridine rings is 1. The molecule has 0 atom stereocenters. The smallest absolute Gasteiger partial charge is 0.257 e. The van der Waals surface area contributed by atoms with E-state index in [1.54, 1.807) is 24.4 Å². The standard InChI is InChI=1S/C21H20FN3O/c1-15-5-4-7-18(11-15)25-21(26)17-12-19(14-23-13-17)24-10-9-16-6-2-3-8-20(16)22/h2-8,11-14,24H,9-10H2,1H3,(H,25,26). The quantitative estimate of drug-likeness (QED) is 0.692. The van der Waals surface area contributed by atoms with Crippen molar-refractivity contribution in [3.8, 4) is 0 Å². The number of carbonyl (C=O) groups excluding carboxylic acids is 1. The van der Waals surface area contributed by atoms with Gasteiger partial charge in [0.1, 0.15) is 5.82 Å². The molecular weight excluding hydrogens is 329 g/mol. The fraction of sp³-hybridized carbons (Fsp3) is 0.143. The third-order valence-electron chi connectivity index (χ3n) is 3.96. The van der Waals surface area contributed by atoms with Gasteiger partial charge in [-0.3, -0.25) is 9.78 Å². The van der Waals surface area contributed by atoms with Crippen LogP contribution in [0, 0.1) is 12.7 Å². The van der Waals surface area contributed by atoms with Gasteiger partial charge in [0, 0.05) is 24.6 Å². The number of benzene rings is 2. The van der Waals surface area contributed by atoms with Crippen molar-refractivity contribution in [2.75, 3.05) is 17.2 Å². The van der Waals surface area contributed by atoms with Crippen LogP contribution in [0.1, 0.15) is 21.5 Å². The highest BCUT2D eigenvalue weighted by atomic mass is 19.1. The van der Waals surface area contributed by atoms with Crippen LogP contribution in [0.15, 0.2) is 67.0 Å². The Kier molecular flexibility index (Phi) is 5.59. The SMILES string of the molecule is Cc1cccc(NC(=O)c2cncc(NCCc3ccccc3F)c2)c1. The molecule has 2 aromatic carbocycles. The first-order valence-corrected chi connectivity index (χ1v) is 8.42. The second kappa shape index (κ2) is 8.25. The number of carbonyl (C=O) groups is 1. The van der Waals surface area contributed by atoms with Crippen LogP contribution in [0.4, 0.5) is 15.8 Å². The molecule has 1 aromatic heterocycles. The molecule has 0 unspecified atom stereocenters. The third kappa shape index (κ3) is 4.66. The van der Waals surface area contributed by atoms with Crippen LogP contribution in [0.25, 0.3) is 0 Å². The highest BCUT2D eigenvalue weighted by Gasteiger charge is 2.08. The Morgan fingerprint density at radius 2 is 1.88 bits per heavy atom. The number of anilines is 2. The number of aryl methyl sites for hydroxylation is 1. The number of rotatable bonds is 6. The van der Waals surface area contributed by atoms with E-state index in [1.165, 1.54) is 12.3 Å². The largest absolute Gasteiger partial charge is 0.383 e. The second-order valence-electron chi connectivity index (χ2n) is 6.05. The summed E-state index contributed by atoms with van der Waals surface area (Å²) >= 11 is 0. The van der Waals surface area contributed by atoms with Crippen molar-refractivity contribution in [1.82, 2.24) is 4.98 Å². The number of nitrogens with zero attached hydrogens (tertiary/aromatic N) is 1. The van der Waals surface area contributed by atoms with Crippen LogP contribution in [-0.2, 0) is 6.42 Å². The number of aromatic nitrogens is 1. The Hall–Kier alpha value is -3.21. The number of hydrogen-bond acceptors (Lipinski definition) is 3. The summed E-state index contributed by atoms with van der Waals surface area (Å²) in [7, 11) is 0. The lowest BCUT2D eigenvalue weighted by Crippen LogP contribution is -2.13. The van der Waals surface area contributed by atoms with Crippen molar-refractivity contribution in [2.24, 2.45) is 0 Å². The summed E-state index contributed by atoms with van der Waals surface area (Å²) in [5.41, 5.74) is 3.65. The van der Waals surface area contributed by atoms with Crippen molar-refractivity contribution in [2.45, 2.75) is 13.3 Å². The van der Waals surface area contributed by atoms with E-state index in [0.29, 0.717) is 24.1 Å². The normalized spacial score (nSPS) is 10.4. The van der Waals surface area contributed by atoms with Crippen molar-refractivity contribution in [1.29, 1.82) is 0 Å². The van der Waals surface area contributed by atoms with E-state index in [4.69, 9.17) is 0 Å². The zero-order valence-electron chi connectivity index (χ0n) is 14.5. The third-order valence-corrected chi connectivity index (χ3v) is 3.96. The summed E-state index contributed by atoms with van der Waals surface area (Å²) in [4.78, 5) is 16.5. The summed E-state index contributed by atoms with van der Waals surface area (Å²) in [6.07, 6.45) is 3.71. The van der Waals surface area contributed by atoms with E-state index >= 15 is 0 Å². The molecule has 0 saturated heterocycles. The lowest BCUT2D eigenvalue weighted by molar-refractivity contribution is 0.102. The molecule has 132 valence electrons. The van der Waals surface area contributed by atoms with Gasteiger partial charge >= 0.3 is 0 Å². The van der Waals surface area contributed by atoms with Gasteiger partial charge in [-0.05, 0) is 48.7 Å². The molecule has 3 rings (SSSR count). The maximum Gasteiger partial charge on any atom is 0.257 e. The number of amides is 1. The summed E-state index contributed by atoms with van der Waals surface area (Å²) in [5, 5.41) is 6.04. The Bertz CT molecular complexity index is 911. The summed E-state index contributed by atoms with van der Waals surface area (Å²) in [5.74, 6) is -0.431. The number of hydrogen-bond donors (Lipinski definition) is 2. The fourth-order valence-electron chi connectivity index (χ4n) is 2.63. The summed E-state index contributed by atoms with van der Waals surface area (Å²) < 4.78 is 13.6. The van der Waals surface area contributed by atoms with E-state index in [1.807, 2.05) is 37.3 Å². The van der Waals surface area contributed by atoms with E-state index in [2.05, 4.69) is 15.6 Å².